The zero-order chi connectivity index (χ0) is 8.51. The number of carbonyl (C=O) groups is 1. The smallest absolute Gasteiger partial charge is 0.147 e. The van der Waals surface area contributed by atoms with E-state index in [0.29, 0.717) is 11.2 Å². The van der Waals surface area contributed by atoms with Crippen molar-refractivity contribution in [1.29, 1.82) is 0 Å². The minimum Gasteiger partial charge on any atom is -0.298 e. The second kappa shape index (κ2) is 1.77. The van der Waals surface area contributed by atoms with Crippen molar-refractivity contribution in [3.8, 4) is 0 Å². The van der Waals surface area contributed by atoms with Crippen molar-refractivity contribution in [3.05, 3.63) is 0 Å². The molecule has 3 atom stereocenters. The van der Waals surface area contributed by atoms with Gasteiger partial charge in [0, 0.05) is 6.54 Å². The molecule has 1 heterocycles. The number of likely N-dealkylation sites (tertiary alicyclic amines) is 1. The number of nitrogens with zero attached hydrogens (tertiary/aromatic N) is 1. The van der Waals surface area contributed by atoms with Gasteiger partial charge in [0.05, 0.1) is 6.04 Å². The van der Waals surface area contributed by atoms with Gasteiger partial charge in [-0.25, -0.2) is 0 Å². The molecule has 1 spiro atoms. The van der Waals surface area contributed by atoms with Gasteiger partial charge in [-0.3, -0.25) is 9.69 Å². The van der Waals surface area contributed by atoms with Gasteiger partial charge in [-0.15, -0.1) is 0 Å². The lowest BCUT2D eigenvalue weighted by atomic mass is 10.1. The molecule has 3 fully saturated rings. The van der Waals surface area contributed by atoms with Crippen molar-refractivity contribution < 1.29 is 4.79 Å². The summed E-state index contributed by atoms with van der Waals surface area (Å²) in [4.78, 5) is 13.6. The van der Waals surface area contributed by atoms with Crippen LogP contribution in [0.25, 0.3) is 0 Å². The standard InChI is InChI=1S/C10H15NO/c1-6(12)9-8-7(5-11(9)2)10(8)3-4-10/h7-9H,3-5H2,1-2H3/t7-,8-,9+/m0/s1. The first-order chi connectivity index (χ1) is 5.67. The molecule has 0 aromatic carbocycles. The van der Waals surface area contributed by atoms with Crippen LogP contribution in [-0.4, -0.2) is 30.3 Å². The maximum absolute atomic E-state index is 11.4. The molecule has 3 rings (SSSR count). The Balaban J connectivity index is 1.87. The maximum Gasteiger partial charge on any atom is 0.147 e. The van der Waals surface area contributed by atoms with Crippen LogP contribution >= 0.6 is 0 Å². The molecule has 12 heavy (non-hydrogen) atoms. The van der Waals surface area contributed by atoms with Crippen molar-refractivity contribution in [2.75, 3.05) is 13.6 Å². The van der Waals surface area contributed by atoms with E-state index in [1.807, 2.05) is 0 Å². The van der Waals surface area contributed by atoms with Gasteiger partial charge in [0.1, 0.15) is 5.78 Å². The number of hydrogen-bond donors (Lipinski definition) is 0. The predicted octanol–water partition coefficient (Wildman–Crippen LogP) is 0.916. The van der Waals surface area contributed by atoms with E-state index >= 15 is 0 Å². The van der Waals surface area contributed by atoms with Crippen LogP contribution in [0.15, 0.2) is 0 Å². The molecule has 1 saturated heterocycles. The Morgan fingerprint density at radius 3 is 2.67 bits per heavy atom. The summed E-state index contributed by atoms with van der Waals surface area (Å²) in [6.07, 6.45) is 2.81. The molecule has 0 aromatic heterocycles. The number of piperidine rings is 1. The number of fused-ring (bicyclic) bond motifs is 3. The number of hydrogen-bond acceptors (Lipinski definition) is 2. The molecule has 2 aliphatic carbocycles. The van der Waals surface area contributed by atoms with Gasteiger partial charge in [-0.05, 0) is 44.1 Å². The number of likely N-dealkylation sites (N-methyl/N-ethyl adjacent to an activating group) is 1. The Bertz CT molecular complexity index is 257. The number of Topliss-reactive ketones (excluding diaryl/α,β-unsaturated/α-hetero) is 1. The van der Waals surface area contributed by atoms with Crippen LogP contribution < -0.4 is 0 Å². The fourth-order valence-corrected chi connectivity index (χ4v) is 3.55. The molecule has 0 amide bonds. The van der Waals surface area contributed by atoms with Crippen LogP contribution in [0.2, 0.25) is 0 Å². The second-order valence-corrected chi connectivity index (χ2v) is 4.86. The molecule has 0 unspecified atom stereocenters. The van der Waals surface area contributed by atoms with Gasteiger partial charge in [0.25, 0.3) is 0 Å². The lowest BCUT2D eigenvalue weighted by Gasteiger charge is -2.21. The largest absolute Gasteiger partial charge is 0.298 e. The average Bonchev–Trinajstić information content (AvgIpc) is 2.82. The molecular weight excluding hydrogens is 150 g/mol. The summed E-state index contributed by atoms with van der Waals surface area (Å²) < 4.78 is 0. The van der Waals surface area contributed by atoms with Gasteiger partial charge >= 0.3 is 0 Å². The van der Waals surface area contributed by atoms with Gasteiger partial charge in [0.2, 0.25) is 0 Å². The lowest BCUT2D eigenvalue weighted by molar-refractivity contribution is -0.121. The summed E-state index contributed by atoms with van der Waals surface area (Å²) in [5, 5.41) is 0. The van der Waals surface area contributed by atoms with E-state index in [9.17, 15) is 4.79 Å². The van der Waals surface area contributed by atoms with Crippen LogP contribution in [0.4, 0.5) is 0 Å². The number of rotatable bonds is 1. The van der Waals surface area contributed by atoms with Crippen molar-refractivity contribution in [3.63, 3.8) is 0 Å². The third kappa shape index (κ3) is 0.598. The summed E-state index contributed by atoms with van der Waals surface area (Å²) in [6.45, 7) is 2.92. The highest BCUT2D eigenvalue weighted by molar-refractivity contribution is 5.83. The predicted molar refractivity (Wildman–Crippen MR) is 45.7 cm³/mol. The molecule has 3 aliphatic rings. The molecule has 0 bridgehead atoms. The van der Waals surface area contributed by atoms with Crippen molar-refractivity contribution in [2.24, 2.45) is 17.3 Å². The Morgan fingerprint density at radius 1 is 1.50 bits per heavy atom. The van der Waals surface area contributed by atoms with E-state index in [2.05, 4.69) is 11.9 Å². The Morgan fingerprint density at radius 2 is 2.17 bits per heavy atom. The molecule has 0 N–H and O–H groups in total. The third-order valence-electron chi connectivity index (χ3n) is 4.27. The van der Waals surface area contributed by atoms with Crippen LogP contribution in [0.3, 0.4) is 0 Å². The average molecular weight is 165 g/mol. The van der Waals surface area contributed by atoms with E-state index in [1.165, 1.54) is 19.4 Å². The van der Waals surface area contributed by atoms with E-state index in [1.54, 1.807) is 6.92 Å². The van der Waals surface area contributed by atoms with E-state index in [4.69, 9.17) is 0 Å². The Labute approximate surface area is 72.9 Å². The molecule has 2 saturated carbocycles. The summed E-state index contributed by atoms with van der Waals surface area (Å²) in [5.41, 5.74) is 0.683. The molecule has 2 heteroatoms. The van der Waals surface area contributed by atoms with Gasteiger partial charge in [0.15, 0.2) is 0 Å². The number of ketones is 1. The van der Waals surface area contributed by atoms with Crippen molar-refractivity contribution in [1.82, 2.24) is 4.90 Å². The van der Waals surface area contributed by atoms with Crippen LogP contribution in [0.5, 0.6) is 0 Å². The van der Waals surface area contributed by atoms with Crippen LogP contribution in [0, 0.1) is 17.3 Å². The summed E-state index contributed by atoms with van der Waals surface area (Å²) in [6, 6.07) is 0.275. The normalized spacial score (nSPS) is 47.7. The van der Waals surface area contributed by atoms with Gasteiger partial charge < -0.3 is 0 Å². The molecule has 0 radical (unpaired) electrons. The summed E-state index contributed by atoms with van der Waals surface area (Å²) in [5.74, 6) is 2.02. The van der Waals surface area contributed by atoms with Crippen LogP contribution in [0.1, 0.15) is 19.8 Å². The SMILES string of the molecule is CC(=O)[C@@H]1[C@@H]2[C@H](CN1C)C21CC1. The van der Waals surface area contributed by atoms with Gasteiger partial charge in [-0.2, -0.15) is 0 Å². The fraction of sp³-hybridized carbons (Fsp3) is 0.900. The minimum atomic E-state index is 0.275. The second-order valence-electron chi connectivity index (χ2n) is 4.86. The molecule has 1 aliphatic heterocycles. The first-order valence-electron chi connectivity index (χ1n) is 4.87. The van der Waals surface area contributed by atoms with Crippen LogP contribution in [-0.2, 0) is 4.79 Å². The highest BCUT2D eigenvalue weighted by Crippen LogP contribution is 2.78. The first kappa shape index (κ1) is 7.07. The number of carbonyl (C=O) groups excluding carboxylic acids is 1. The zero-order valence-corrected chi connectivity index (χ0v) is 7.71. The first-order valence-corrected chi connectivity index (χ1v) is 4.87. The monoisotopic (exact) mass is 165 g/mol. The Kier molecular flexibility index (Phi) is 1.04. The quantitative estimate of drug-likeness (QED) is 0.575. The minimum absolute atomic E-state index is 0.275. The maximum atomic E-state index is 11.4. The topological polar surface area (TPSA) is 20.3 Å². The molecule has 2 nitrogen and oxygen atoms in total. The fourth-order valence-electron chi connectivity index (χ4n) is 3.55. The molecule has 66 valence electrons. The van der Waals surface area contributed by atoms with E-state index < -0.39 is 0 Å². The van der Waals surface area contributed by atoms with Gasteiger partial charge in [-0.1, -0.05) is 0 Å². The lowest BCUT2D eigenvalue weighted by Crippen LogP contribution is -2.36. The zero-order valence-electron chi connectivity index (χ0n) is 7.71. The van der Waals surface area contributed by atoms with Crippen molar-refractivity contribution >= 4 is 5.78 Å². The highest BCUT2D eigenvalue weighted by atomic mass is 16.1. The highest BCUT2D eigenvalue weighted by Gasteiger charge is 2.77. The Hall–Kier alpha value is -0.370. The molecular formula is C10H15NO. The summed E-state index contributed by atoms with van der Waals surface area (Å²) in [7, 11) is 2.09. The van der Waals surface area contributed by atoms with E-state index in [0.717, 1.165) is 11.8 Å². The third-order valence-corrected chi connectivity index (χ3v) is 4.27. The molecule has 0 aromatic rings. The van der Waals surface area contributed by atoms with E-state index in [-0.39, 0.29) is 6.04 Å². The van der Waals surface area contributed by atoms with Crippen molar-refractivity contribution in [2.45, 2.75) is 25.8 Å². The summed E-state index contributed by atoms with van der Waals surface area (Å²) >= 11 is 0.